The largest absolute Gasteiger partial charge is 0.472 e. The van der Waals surface area contributed by atoms with E-state index in [1.165, 1.54) is 109 Å². The molecule has 0 radical (unpaired) electrons. The molecule has 0 aromatic heterocycles. The van der Waals surface area contributed by atoms with Gasteiger partial charge in [0.05, 0.1) is 26.4 Å². The topological polar surface area (TPSA) is 231 Å². The molecule has 0 aliphatic rings. The van der Waals surface area contributed by atoms with Crippen LogP contribution in [0.2, 0.25) is 0 Å². The zero-order chi connectivity index (χ0) is 80.8. The normalized spacial score (nSPS) is 14.6. The van der Waals surface area contributed by atoms with Crippen LogP contribution in [-0.2, 0) is 55.8 Å². The first kappa shape index (κ1) is 106. The van der Waals surface area contributed by atoms with Crippen LogP contribution in [0.5, 0.6) is 0 Å². The van der Waals surface area contributed by atoms with Gasteiger partial charge < -0.3 is 34.2 Å². The van der Waals surface area contributed by atoms with Gasteiger partial charge in [0.15, 0.2) is 6.10 Å². The maximum Gasteiger partial charge on any atom is 0.472 e. The number of phosphoric acid groups is 2. The third-order valence-electron chi connectivity index (χ3n) is 18.2. The molecule has 0 fully saturated rings. The first-order valence-electron chi connectivity index (χ1n) is 43.8. The van der Waals surface area contributed by atoms with E-state index >= 15 is 0 Å². The molecule has 0 aromatic rings. The smallest absolute Gasteiger partial charge is 0.463 e. The summed E-state index contributed by atoms with van der Waals surface area (Å²) >= 11 is 0. The zero-order valence-corrected chi connectivity index (χ0v) is 71.6. The summed E-state index contributed by atoms with van der Waals surface area (Å²) in [5.74, 6) is -1.60. The summed E-state index contributed by atoms with van der Waals surface area (Å²) in [6.07, 6.45) is 107. The van der Waals surface area contributed by atoms with Crippen molar-refractivity contribution in [2.24, 2.45) is 0 Å². The Morgan fingerprint density at radius 1 is 0.261 bits per heavy atom. The van der Waals surface area contributed by atoms with E-state index in [1.807, 2.05) is 0 Å². The van der Waals surface area contributed by atoms with E-state index in [1.54, 1.807) is 0 Å². The average Bonchev–Trinajstić information content (AvgIpc) is 0.900. The van der Waals surface area contributed by atoms with Crippen molar-refractivity contribution in [2.45, 2.75) is 373 Å². The van der Waals surface area contributed by atoms with Gasteiger partial charge in [-0.15, -0.1) is 0 Å². The van der Waals surface area contributed by atoms with Crippen molar-refractivity contribution in [3.05, 3.63) is 158 Å². The van der Waals surface area contributed by atoms with Crippen LogP contribution in [0.3, 0.4) is 0 Å². The molecule has 18 heteroatoms. The molecule has 636 valence electrons. The van der Waals surface area contributed by atoms with Gasteiger partial charge in [0.1, 0.15) is 25.4 Å². The number of phosphoric ester groups is 2. The molecule has 0 aliphatic heterocycles. The van der Waals surface area contributed by atoms with Gasteiger partial charge >= 0.3 is 33.6 Å². The lowest BCUT2D eigenvalue weighted by molar-refractivity contribution is -0.161. The molecule has 0 amide bonds. The molecule has 0 heterocycles. The molecular formula is C93H158O16P2. The second-order valence-corrected chi connectivity index (χ2v) is 31.9. The third kappa shape index (κ3) is 85.9. The molecule has 0 aliphatic carbocycles. The Kier molecular flexibility index (Phi) is 80.9. The van der Waals surface area contributed by atoms with Crippen molar-refractivity contribution < 1.29 is 75.8 Å². The number of esters is 3. The minimum absolute atomic E-state index is 0.0841. The molecule has 0 bridgehead atoms. The van der Waals surface area contributed by atoms with Crippen LogP contribution in [0.15, 0.2) is 158 Å². The van der Waals surface area contributed by atoms with Gasteiger partial charge in [0.2, 0.25) is 0 Å². The van der Waals surface area contributed by atoms with Gasteiger partial charge in [-0.3, -0.25) is 32.5 Å². The Morgan fingerprint density at radius 3 is 0.757 bits per heavy atom. The molecule has 0 spiro atoms. The molecule has 0 rings (SSSR count). The van der Waals surface area contributed by atoms with Gasteiger partial charge in [-0.05, 0) is 154 Å². The Bertz CT molecular complexity index is 2650. The van der Waals surface area contributed by atoms with Crippen molar-refractivity contribution in [2.75, 3.05) is 39.6 Å². The number of carbonyl (C=O) groups excluding carboxylic acids is 3. The molecule has 0 aromatic carbocycles. The fourth-order valence-corrected chi connectivity index (χ4v) is 13.2. The molecule has 4 N–H and O–H groups in total. The highest BCUT2D eigenvalue weighted by molar-refractivity contribution is 7.47. The summed E-state index contributed by atoms with van der Waals surface area (Å²) in [6.45, 7) is 2.51. The number of allylic oxidation sites excluding steroid dienone is 26. The van der Waals surface area contributed by atoms with Crippen LogP contribution in [0.25, 0.3) is 0 Å². The molecule has 16 nitrogen and oxygen atoms in total. The zero-order valence-electron chi connectivity index (χ0n) is 69.8. The number of aliphatic hydroxyl groups excluding tert-OH is 2. The predicted molar refractivity (Wildman–Crippen MR) is 463 cm³/mol. The summed E-state index contributed by atoms with van der Waals surface area (Å²) in [4.78, 5) is 58.9. The van der Waals surface area contributed by atoms with Crippen LogP contribution in [0.4, 0.5) is 0 Å². The average molecular weight is 1590 g/mol. The monoisotopic (exact) mass is 1590 g/mol. The fourth-order valence-electron chi connectivity index (χ4n) is 11.6. The van der Waals surface area contributed by atoms with Crippen molar-refractivity contribution in [1.29, 1.82) is 0 Å². The molecule has 0 saturated heterocycles. The van der Waals surface area contributed by atoms with Crippen molar-refractivity contribution in [3.63, 3.8) is 0 Å². The lowest BCUT2D eigenvalue weighted by Gasteiger charge is -2.21. The number of hydrogen-bond acceptors (Lipinski definition) is 14. The first-order chi connectivity index (χ1) is 54.2. The summed E-state index contributed by atoms with van der Waals surface area (Å²) in [7, 11) is -9.81. The maximum atomic E-state index is 13.0. The molecule has 5 unspecified atom stereocenters. The molecular weight excluding hydrogens is 1430 g/mol. The fraction of sp³-hybridized carbons (Fsp3) is 0.688. The number of rotatable bonds is 82. The summed E-state index contributed by atoms with van der Waals surface area (Å²) < 4.78 is 61.3. The number of unbranched alkanes of at least 4 members (excludes halogenated alkanes) is 33. The van der Waals surface area contributed by atoms with E-state index < -0.39 is 91.5 Å². The van der Waals surface area contributed by atoms with Crippen molar-refractivity contribution in [3.8, 4) is 0 Å². The number of ether oxygens (including phenoxy) is 3. The van der Waals surface area contributed by atoms with Gasteiger partial charge in [-0.2, -0.15) is 0 Å². The standard InChI is InChI=1S/C93H158O16P2/c1-4-7-10-13-16-19-22-25-28-31-34-36-38-39-40-41-42-43-44-45-46-47-49-51-53-55-58-61-64-67-70-73-76-79-91(96)103-82-88(94)83-105-110(99,100)106-84-89(95)85-107-111(101,102)108-87-90(109-93(98)81-78-75-72-69-66-63-60-57-52-33-30-27-24-21-18-15-12-9-6-3)86-104-92(97)80-77-74-71-68-65-62-59-56-54-50-48-37-35-32-29-26-23-20-17-14-11-8-5-2/h7,10,16-21,25-30,34-37,39-40,42-43,50,52,54,57,88-90,94-95H,4-6,8-9,11-15,22-24,31-33,38,41,44-49,51,53,55-56,58-87H2,1-3H3,(H,99,100)(H,101,102)/b10-7-,19-16-,20-17-,21-18-,28-25-,29-26-,30-27-,36-34-,37-35-,40-39-,43-42-,54-50-,57-52-. The van der Waals surface area contributed by atoms with Crippen molar-refractivity contribution >= 4 is 33.6 Å². The minimum Gasteiger partial charge on any atom is -0.463 e. The van der Waals surface area contributed by atoms with Gasteiger partial charge in [-0.1, -0.05) is 339 Å². The number of carbonyl (C=O) groups is 3. The maximum absolute atomic E-state index is 13.0. The van der Waals surface area contributed by atoms with Crippen LogP contribution in [0.1, 0.15) is 355 Å². The van der Waals surface area contributed by atoms with Gasteiger partial charge in [0, 0.05) is 19.3 Å². The summed E-state index contributed by atoms with van der Waals surface area (Å²) in [6, 6.07) is 0. The van der Waals surface area contributed by atoms with Gasteiger partial charge in [-0.25, -0.2) is 9.13 Å². The second-order valence-electron chi connectivity index (χ2n) is 29.0. The Labute approximate surface area is 676 Å². The van der Waals surface area contributed by atoms with E-state index in [2.05, 4.69) is 179 Å². The second kappa shape index (κ2) is 84.6. The summed E-state index contributed by atoms with van der Waals surface area (Å²) in [5.41, 5.74) is 0. The van der Waals surface area contributed by atoms with Crippen LogP contribution in [0, 0.1) is 0 Å². The van der Waals surface area contributed by atoms with E-state index in [0.717, 1.165) is 186 Å². The van der Waals surface area contributed by atoms with E-state index in [9.17, 15) is 43.5 Å². The predicted octanol–water partition coefficient (Wildman–Crippen LogP) is 26.5. The van der Waals surface area contributed by atoms with Crippen LogP contribution in [-0.4, -0.2) is 95.9 Å². The van der Waals surface area contributed by atoms with E-state index in [4.69, 9.17) is 32.3 Å². The van der Waals surface area contributed by atoms with Crippen LogP contribution >= 0.6 is 15.6 Å². The molecule has 0 saturated carbocycles. The highest BCUT2D eigenvalue weighted by atomic mass is 31.2. The number of aliphatic hydroxyl groups is 2. The minimum atomic E-state index is -4.95. The lowest BCUT2D eigenvalue weighted by atomic mass is 10.0. The van der Waals surface area contributed by atoms with E-state index in [0.29, 0.717) is 19.3 Å². The Morgan fingerprint density at radius 2 is 0.477 bits per heavy atom. The Hall–Kier alpha value is -4.83. The quantitative estimate of drug-likeness (QED) is 0.0146. The SMILES string of the molecule is CC/C=C\C/C=C\C/C=C\C/C=C\C/C=C\C/C=C\CCCCCCCCCCCCCCCCC(=O)OCC(O)COP(=O)(O)OCC(O)COP(=O)(O)OCC(COC(=O)CCCCCCCCC/C=C\C/C=C\C/C=C\C/C=C\CCCCC)OC(=O)CCCCCCCC/C=C\C/C=C\C/C=C\CCCCC. The highest BCUT2D eigenvalue weighted by Gasteiger charge is 2.29. The van der Waals surface area contributed by atoms with Gasteiger partial charge in [0.25, 0.3) is 0 Å². The van der Waals surface area contributed by atoms with Crippen LogP contribution < -0.4 is 0 Å². The molecule has 111 heavy (non-hydrogen) atoms. The van der Waals surface area contributed by atoms with Crippen molar-refractivity contribution in [1.82, 2.24) is 0 Å². The lowest BCUT2D eigenvalue weighted by Crippen LogP contribution is -2.30. The number of hydrogen-bond donors (Lipinski definition) is 4. The first-order valence-corrected chi connectivity index (χ1v) is 46.8. The highest BCUT2D eigenvalue weighted by Crippen LogP contribution is 2.45. The third-order valence-corrected chi connectivity index (χ3v) is 20.1. The Balaban J connectivity index is 4.56. The summed E-state index contributed by atoms with van der Waals surface area (Å²) in [5, 5.41) is 20.7. The van der Waals surface area contributed by atoms with E-state index in [-0.39, 0.29) is 19.3 Å². The molecule has 5 atom stereocenters.